The number of benzene rings is 2. The van der Waals surface area contributed by atoms with E-state index in [1.807, 2.05) is 49.4 Å². The van der Waals surface area contributed by atoms with Gasteiger partial charge >= 0.3 is 0 Å². The predicted octanol–water partition coefficient (Wildman–Crippen LogP) is 3.36. The molecule has 0 atom stereocenters. The molecule has 0 aliphatic rings. The van der Waals surface area contributed by atoms with Crippen molar-refractivity contribution in [2.24, 2.45) is 0 Å². The molecule has 0 radical (unpaired) electrons. The molecule has 0 saturated heterocycles. The van der Waals surface area contributed by atoms with Crippen molar-refractivity contribution < 1.29 is 14.3 Å². The molecular weight excluding hydrogens is 400 g/mol. The molecule has 2 aromatic carbocycles. The molecule has 0 saturated carbocycles. The molecule has 0 unspecified atom stereocenters. The van der Waals surface area contributed by atoms with E-state index in [0.717, 1.165) is 29.7 Å². The van der Waals surface area contributed by atoms with E-state index in [9.17, 15) is 9.59 Å². The van der Waals surface area contributed by atoms with Gasteiger partial charge in [-0.2, -0.15) is 0 Å². The lowest BCUT2D eigenvalue weighted by molar-refractivity contribution is -0.126. The van der Waals surface area contributed by atoms with Gasteiger partial charge in [0.25, 0.3) is 5.91 Å². The molecule has 0 spiro atoms. The van der Waals surface area contributed by atoms with Crippen LogP contribution in [0, 0.1) is 6.92 Å². The molecule has 2 N–H and O–H groups in total. The van der Waals surface area contributed by atoms with Crippen molar-refractivity contribution in [2.75, 3.05) is 18.5 Å². The quantitative estimate of drug-likeness (QED) is 0.487. The van der Waals surface area contributed by atoms with E-state index in [1.54, 1.807) is 0 Å². The Hall–Kier alpha value is -3.10. The zero-order chi connectivity index (χ0) is 21.2. The lowest BCUT2D eigenvalue weighted by Gasteiger charge is -2.05. The van der Waals surface area contributed by atoms with Gasteiger partial charge in [0.1, 0.15) is 18.2 Å². The summed E-state index contributed by atoms with van der Waals surface area (Å²) in [5.41, 5.74) is 3.06. The van der Waals surface area contributed by atoms with Gasteiger partial charge in [-0.25, -0.2) is 0 Å². The number of carbonyl (C=O) groups excluding carboxylic acids is 2. The molecule has 0 fully saturated rings. The third-order valence-corrected chi connectivity index (χ3v) is 5.13. The van der Waals surface area contributed by atoms with Gasteiger partial charge in [-0.05, 0) is 37.5 Å². The van der Waals surface area contributed by atoms with E-state index in [4.69, 9.17) is 4.74 Å². The van der Waals surface area contributed by atoms with Crippen molar-refractivity contribution in [3.8, 4) is 0 Å². The fraction of sp³-hybridized carbons (Fsp3) is 0.273. The van der Waals surface area contributed by atoms with Crippen LogP contribution in [0.25, 0.3) is 0 Å². The number of aromatic nitrogens is 2. The molecular formula is C22H24N4O3S. The van der Waals surface area contributed by atoms with Crippen LogP contribution >= 0.6 is 11.3 Å². The SMILES string of the molecule is Cc1ccc(NC(=O)c2nnc(COCC(=O)NCCCc3ccccc3)s2)cc1. The summed E-state index contributed by atoms with van der Waals surface area (Å²) in [4.78, 5) is 24.1. The zero-order valence-corrected chi connectivity index (χ0v) is 17.6. The lowest BCUT2D eigenvalue weighted by atomic mass is 10.1. The number of rotatable bonds is 10. The van der Waals surface area contributed by atoms with Crippen LogP contribution in [-0.4, -0.2) is 35.2 Å². The van der Waals surface area contributed by atoms with Gasteiger partial charge in [-0.3, -0.25) is 9.59 Å². The Morgan fingerprint density at radius 3 is 2.57 bits per heavy atom. The number of nitrogens with zero attached hydrogens (tertiary/aromatic N) is 2. The van der Waals surface area contributed by atoms with Crippen molar-refractivity contribution in [3.63, 3.8) is 0 Å². The minimum atomic E-state index is -0.321. The van der Waals surface area contributed by atoms with E-state index in [0.29, 0.717) is 17.2 Å². The highest BCUT2D eigenvalue weighted by Crippen LogP contribution is 2.14. The van der Waals surface area contributed by atoms with Crippen LogP contribution < -0.4 is 10.6 Å². The summed E-state index contributed by atoms with van der Waals surface area (Å²) in [5.74, 6) is -0.497. The first kappa shape index (κ1) is 21.6. The number of anilines is 1. The normalized spacial score (nSPS) is 10.6. The average molecular weight is 425 g/mol. The van der Waals surface area contributed by atoms with Gasteiger partial charge in [0, 0.05) is 12.2 Å². The molecule has 156 valence electrons. The van der Waals surface area contributed by atoms with E-state index < -0.39 is 0 Å². The molecule has 30 heavy (non-hydrogen) atoms. The second-order valence-corrected chi connectivity index (χ2v) is 7.82. The van der Waals surface area contributed by atoms with Gasteiger partial charge in [0.2, 0.25) is 10.9 Å². The first-order chi connectivity index (χ1) is 14.6. The summed E-state index contributed by atoms with van der Waals surface area (Å²) in [7, 11) is 0. The first-order valence-electron chi connectivity index (χ1n) is 9.69. The highest BCUT2D eigenvalue weighted by Gasteiger charge is 2.13. The fourth-order valence-corrected chi connectivity index (χ4v) is 3.34. The van der Waals surface area contributed by atoms with Crippen molar-refractivity contribution in [1.82, 2.24) is 15.5 Å². The molecule has 1 aromatic heterocycles. The second kappa shape index (κ2) is 11.2. The van der Waals surface area contributed by atoms with E-state index in [2.05, 4.69) is 33.0 Å². The average Bonchev–Trinajstić information content (AvgIpc) is 3.23. The fourth-order valence-electron chi connectivity index (χ4n) is 2.67. The summed E-state index contributed by atoms with van der Waals surface area (Å²) < 4.78 is 5.39. The van der Waals surface area contributed by atoms with E-state index in [-0.39, 0.29) is 30.0 Å². The van der Waals surface area contributed by atoms with Crippen molar-refractivity contribution in [1.29, 1.82) is 0 Å². The number of ether oxygens (including phenoxy) is 1. The lowest BCUT2D eigenvalue weighted by Crippen LogP contribution is -2.28. The topological polar surface area (TPSA) is 93.2 Å². The highest BCUT2D eigenvalue weighted by atomic mass is 32.1. The molecule has 8 heteroatoms. The number of aryl methyl sites for hydroxylation is 2. The van der Waals surface area contributed by atoms with Gasteiger partial charge in [-0.1, -0.05) is 59.4 Å². The van der Waals surface area contributed by atoms with Crippen molar-refractivity contribution in [2.45, 2.75) is 26.4 Å². The van der Waals surface area contributed by atoms with Crippen LogP contribution in [0.1, 0.15) is 32.4 Å². The van der Waals surface area contributed by atoms with E-state index in [1.165, 1.54) is 5.56 Å². The second-order valence-electron chi connectivity index (χ2n) is 6.75. The number of amides is 2. The smallest absolute Gasteiger partial charge is 0.286 e. The van der Waals surface area contributed by atoms with Crippen LogP contribution in [0.4, 0.5) is 5.69 Å². The third-order valence-electron chi connectivity index (χ3n) is 4.24. The number of nitrogens with one attached hydrogen (secondary N) is 2. The molecule has 0 bridgehead atoms. The van der Waals surface area contributed by atoms with Gasteiger partial charge < -0.3 is 15.4 Å². The number of carbonyl (C=O) groups is 2. The zero-order valence-electron chi connectivity index (χ0n) is 16.8. The Bertz CT molecular complexity index is 958. The van der Waals surface area contributed by atoms with Gasteiger partial charge in [0.15, 0.2) is 0 Å². The van der Waals surface area contributed by atoms with Crippen molar-refractivity contribution in [3.05, 3.63) is 75.7 Å². The summed E-state index contributed by atoms with van der Waals surface area (Å²) in [6.45, 7) is 2.65. The maximum atomic E-state index is 12.2. The highest BCUT2D eigenvalue weighted by molar-refractivity contribution is 7.13. The minimum absolute atomic E-state index is 0.0597. The predicted molar refractivity (Wildman–Crippen MR) is 116 cm³/mol. The van der Waals surface area contributed by atoms with Crippen LogP contribution in [-0.2, 0) is 22.6 Å². The summed E-state index contributed by atoms with van der Waals surface area (Å²) in [6.07, 6.45) is 1.78. The summed E-state index contributed by atoms with van der Waals surface area (Å²) >= 11 is 1.14. The molecule has 0 aliphatic heterocycles. The van der Waals surface area contributed by atoms with Gasteiger partial charge in [-0.15, -0.1) is 10.2 Å². The van der Waals surface area contributed by atoms with Crippen LogP contribution in [0.5, 0.6) is 0 Å². The Kier molecular flexibility index (Phi) is 8.05. The van der Waals surface area contributed by atoms with Crippen molar-refractivity contribution >= 4 is 28.8 Å². The van der Waals surface area contributed by atoms with Crippen LogP contribution in [0.2, 0.25) is 0 Å². The van der Waals surface area contributed by atoms with E-state index >= 15 is 0 Å². The molecule has 3 aromatic rings. The third kappa shape index (κ3) is 7.06. The maximum Gasteiger partial charge on any atom is 0.286 e. The molecule has 2 amide bonds. The molecule has 0 aliphatic carbocycles. The monoisotopic (exact) mass is 424 g/mol. The molecule has 7 nitrogen and oxygen atoms in total. The Morgan fingerprint density at radius 2 is 1.80 bits per heavy atom. The minimum Gasteiger partial charge on any atom is -0.364 e. The Morgan fingerprint density at radius 1 is 1.03 bits per heavy atom. The number of hydrogen-bond acceptors (Lipinski definition) is 6. The summed E-state index contributed by atoms with van der Waals surface area (Å²) in [5, 5.41) is 14.2. The Labute approximate surface area is 179 Å². The van der Waals surface area contributed by atoms with Gasteiger partial charge in [0.05, 0.1) is 0 Å². The summed E-state index contributed by atoms with van der Waals surface area (Å²) in [6, 6.07) is 17.6. The molecule has 3 rings (SSSR count). The van der Waals surface area contributed by atoms with Crippen LogP contribution in [0.15, 0.2) is 54.6 Å². The largest absolute Gasteiger partial charge is 0.364 e. The number of hydrogen-bond donors (Lipinski definition) is 2. The maximum absolute atomic E-state index is 12.2. The standard InChI is InChI=1S/C22H24N4O3S/c1-16-9-11-18(12-10-16)24-21(28)22-26-25-20(30-22)15-29-14-19(27)23-13-5-8-17-6-3-2-4-7-17/h2-4,6-7,9-12H,5,8,13-15H2,1H3,(H,23,27)(H,24,28). The van der Waals surface area contributed by atoms with Crippen LogP contribution in [0.3, 0.4) is 0 Å². The Balaban J connectivity index is 1.33. The first-order valence-corrected chi connectivity index (χ1v) is 10.5. The molecule has 1 heterocycles.